The van der Waals surface area contributed by atoms with Crippen LogP contribution in [0.4, 0.5) is 0 Å². The number of hydrogen-bond donors (Lipinski definition) is 1. The average Bonchev–Trinajstić information content (AvgIpc) is 3.20. The Morgan fingerprint density at radius 2 is 2.08 bits per heavy atom. The van der Waals surface area contributed by atoms with Gasteiger partial charge in [-0.25, -0.2) is 0 Å². The number of ether oxygens (including phenoxy) is 2. The van der Waals surface area contributed by atoms with Crippen molar-refractivity contribution >= 4 is 17.2 Å². The molecule has 0 atom stereocenters. The van der Waals surface area contributed by atoms with Gasteiger partial charge in [-0.1, -0.05) is 12.1 Å². The highest BCUT2D eigenvalue weighted by Gasteiger charge is 2.06. The summed E-state index contributed by atoms with van der Waals surface area (Å²) in [6.45, 7) is 0.674. The van der Waals surface area contributed by atoms with Crippen molar-refractivity contribution in [2.24, 2.45) is 0 Å². The van der Waals surface area contributed by atoms with Gasteiger partial charge >= 0.3 is 0 Å². The first-order valence-corrected chi connectivity index (χ1v) is 8.57. The molecule has 0 fully saturated rings. The summed E-state index contributed by atoms with van der Waals surface area (Å²) in [6, 6.07) is 14.6. The summed E-state index contributed by atoms with van der Waals surface area (Å²) in [5, 5.41) is 13.0. The molecule has 6 nitrogen and oxygen atoms in total. The highest BCUT2D eigenvalue weighted by Crippen LogP contribution is 2.22. The Kier molecular flexibility index (Phi) is 5.58. The first-order valence-electron chi connectivity index (χ1n) is 7.69. The van der Waals surface area contributed by atoms with Crippen molar-refractivity contribution in [2.45, 2.75) is 0 Å². The SMILES string of the molecule is COc1cccc(C(=O)NCCOc2ccc(-c3cccs3)nn2)c1. The van der Waals surface area contributed by atoms with Crippen LogP contribution in [-0.4, -0.2) is 36.4 Å². The van der Waals surface area contributed by atoms with Crippen molar-refractivity contribution in [1.82, 2.24) is 15.5 Å². The Labute approximate surface area is 149 Å². The summed E-state index contributed by atoms with van der Waals surface area (Å²) < 4.78 is 10.6. The smallest absolute Gasteiger partial charge is 0.251 e. The van der Waals surface area contributed by atoms with E-state index in [0.29, 0.717) is 30.3 Å². The van der Waals surface area contributed by atoms with Crippen LogP contribution in [0.1, 0.15) is 10.4 Å². The molecule has 0 unspecified atom stereocenters. The number of hydrogen-bond acceptors (Lipinski definition) is 6. The Bertz CT molecular complexity index is 820. The van der Waals surface area contributed by atoms with E-state index in [0.717, 1.165) is 10.6 Å². The minimum Gasteiger partial charge on any atom is -0.497 e. The van der Waals surface area contributed by atoms with Gasteiger partial charge in [-0.15, -0.1) is 21.5 Å². The van der Waals surface area contributed by atoms with Crippen molar-refractivity contribution in [3.63, 3.8) is 0 Å². The number of carbonyl (C=O) groups is 1. The molecule has 3 rings (SSSR count). The summed E-state index contributed by atoms with van der Waals surface area (Å²) in [5.41, 5.74) is 1.35. The fourth-order valence-corrected chi connectivity index (χ4v) is 2.83. The fourth-order valence-electron chi connectivity index (χ4n) is 2.14. The van der Waals surface area contributed by atoms with Crippen LogP contribution >= 0.6 is 11.3 Å². The first-order chi connectivity index (χ1) is 12.3. The number of nitrogens with one attached hydrogen (secondary N) is 1. The lowest BCUT2D eigenvalue weighted by Crippen LogP contribution is -2.28. The molecule has 0 aliphatic rings. The number of amides is 1. The molecular formula is C18H17N3O3S. The molecule has 2 heterocycles. The standard InChI is InChI=1S/C18H17N3O3S/c1-23-14-5-2-4-13(12-14)18(22)19-9-10-24-17-8-7-15(20-21-17)16-6-3-11-25-16/h2-8,11-12H,9-10H2,1H3,(H,19,22). The van der Waals surface area contributed by atoms with E-state index in [4.69, 9.17) is 9.47 Å². The van der Waals surface area contributed by atoms with Crippen molar-refractivity contribution in [3.05, 3.63) is 59.5 Å². The van der Waals surface area contributed by atoms with Crippen molar-refractivity contribution in [1.29, 1.82) is 0 Å². The predicted octanol–water partition coefficient (Wildman–Crippen LogP) is 3.02. The van der Waals surface area contributed by atoms with E-state index in [1.165, 1.54) is 0 Å². The number of thiophene rings is 1. The molecule has 0 saturated heterocycles. The molecule has 0 radical (unpaired) electrons. The molecule has 0 bridgehead atoms. The molecule has 2 aromatic heterocycles. The fraction of sp³-hybridized carbons (Fsp3) is 0.167. The van der Waals surface area contributed by atoms with Gasteiger partial charge in [0.1, 0.15) is 18.1 Å². The van der Waals surface area contributed by atoms with Crippen LogP contribution < -0.4 is 14.8 Å². The van der Waals surface area contributed by atoms with Gasteiger partial charge in [-0.2, -0.15) is 0 Å². The predicted molar refractivity (Wildman–Crippen MR) is 96.2 cm³/mol. The first kappa shape index (κ1) is 16.9. The maximum atomic E-state index is 12.1. The number of nitrogens with zero attached hydrogens (tertiary/aromatic N) is 2. The lowest BCUT2D eigenvalue weighted by atomic mass is 10.2. The highest BCUT2D eigenvalue weighted by molar-refractivity contribution is 7.13. The molecule has 1 aromatic carbocycles. The van der Waals surface area contributed by atoms with Gasteiger partial charge in [-0.05, 0) is 35.7 Å². The highest BCUT2D eigenvalue weighted by atomic mass is 32.1. The molecule has 3 aromatic rings. The average molecular weight is 355 g/mol. The van der Waals surface area contributed by atoms with Crippen LogP contribution in [0.2, 0.25) is 0 Å². The lowest BCUT2D eigenvalue weighted by Gasteiger charge is -2.08. The molecule has 0 saturated carbocycles. The van der Waals surface area contributed by atoms with Crippen molar-refractivity contribution < 1.29 is 14.3 Å². The summed E-state index contributed by atoms with van der Waals surface area (Å²) in [5.74, 6) is 0.891. The van der Waals surface area contributed by atoms with Gasteiger partial charge in [0, 0.05) is 11.6 Å². The normalized spacial score (nSPS) is 10.3. The van der Waals surface area contributed by atoms with Gasteiger partial charge in [0.25, 0.3) is 5.91 Å². The minimum atomic E-state index is -0.179. The van der Waals surface area contributed by atoms with Gasteiger partial charge in [0.15, 0.2) is 0 Å². The van der Waals surface area contributed by atoms with Crippen LogP contribution in [0, 0.1) is 0 Å². The van der Waals surface area contributed by atoms with Gasteiger partial charge < -0.3 is 14.8 Å². The zero-order valence-electron chi connectivity index (χ0n) is 13.6. The zero-order valence-corrected chi connectivity index (χ0v) is 14.5. The Balaban J connectivity index is 1.45. The van der Waals surface area contributed by atoms with Gasteiger partial charge in [-0.3, -0.25) is 4.79 Å². The van der Waals surface area contributed by atoms with Crippen molar-refractivity contribution in [2.75, 3.05) is 20.3 Å². The number of rotatable bonds is 7. The van der Waals surface area contributed by atoms with E-state index < -0.39 is 0 Å². The Hall–Kier alpha value is -2.93. The minimum absolute atomic E-state index is 0.179. The second-order valence-electron chi connectivity index (χ2n) is 5.07. The van der Waals surface area contributed by atoms with Crippen LogP contribution in [0.5, 0.6) is 11.6 Å². The Morgan fingerprint density at radius 3 is 2.80 bits per heavy atom. The molecule has 0 aliphatic carbocycles. The summed E-state index contributed by atoms with van der Waals surface area (Å²) in [4.78, 5) is 13.1. The third kappa shape index (κ3) is 4.54. The van der Waals surface area contributed by atoms with E-state index in [2.05, 4.69) is 15.5 Å². The molecule has 25 heavy (non-hydrogen) atoms. The molecule has 0 aliphatic heterocycles. The van der Waals surface area contributed by atoms with Gasteiger partial charge in [0.2, 0.25) is 5.88 Å². The van der Waals surface area contributed by atoms with E-state index in [-0.39, 0.29) is 5.91 Å². The topological polar surface area (TPSA) is 73.3 Å². The third-order valence-corrected chi connectivity index (χ3v) is 4.28. The van der Waals surface area contributed by atoms with E-state index in [9.17, 15) is 4.79 Å². The van der Waals surface area contributed by atoms with Crippen LogP contribution in [0.25, 0.3) is 10.6 Å². The quantitative estimate of drug-likeness (QED) is 0.660. The molecule has 1 amide bonds. The number of aromatic nitrogens is 2. The monoisotopic (exact) mass is 355 g/mol. The van der Waals surface area contributed by atoms with E-state index in [1.807, 2.05) is 23.6 Å². The van der Waals surface area contributed by atoms with E-state index >= 15 is 0 Å². The third-order valence-electron chi connectivity index (χ3n) is 3.38. The van der Waals surface area contributed by atoms with Crippen molar-refractivity contribution in [3.8, 4) is 22.2 Å². The zero-order chi connectivity index (χ0) is 17.5. The van der Waals surface area contributed by atoms with E-state index in [1.54, 1.807) is 48.8 Å². The number of carbonyl (C=O) groups excluding carboxylic acids is 1. The summed E-state index contributed by atoms with van der Waals surface area (Å²) >= 11 is 1.61. The number of methoxy groups -OCH3 is 1. The van der Waals surface area contributed by atoms with Crippen LogP contribution in [-0.2, 0) is 0 Å². The maximum absolute atomic E-state index is 12.1. The Morgan fingerprint density at radius 1 is 1.16 bits per heavy atom. The second-order valence-corrected chi connectivity index (χ2v) is 6.02. The van der Waals surface area contributed by atoms with Crippen LogP contribution in [0.3, 0.4) is 0 Å². The van der Waals surface area contributed by atoms with Crippen LogP contribution in [0.15, 0.2) is 53.9 Å². The summed E-state index contributed by atoms with van der Waals surface area (Å²) in [6.07, 6.45) is 0. The summed E-state index contributed by atoms with van der Waals surface area (Å²) in [7, 11) is 1.57. The number of benzene rings is 1. The molecule has 1 N–H and O–H groups in total. The second kappa shape index (κ2) is 8.25. The lowest BCUT2D eigenvalue weighted by molar-refractivity contribution is 0.0946. The molecule has 128 valence electrons. The molecule has 7 heteroatoms. The van der Waals surface area contributed by atoms with Gasteiger partial charge in [0.05, 0.1) is 18.5 Å². The molecular weight excluding hydrogens is 338 g/mol. The molecule has 0 spiro atoms. The maximum Gasteiger partial charge on any atom is 0.251 e. The largest absolute Gasteiger partial charge is 0.497 e.